The second kappa shape index (κ2) is 5.97. The summed E-state index contributed by atoms with van der Waals surface area (Å²) in [6.07, 6.45) is -0.416. The monoisotopic (exact) mass is 223 g/mol. The fourth-order valence-corrected chi connectivity index (χ4v) is 3.05. The minimum absolute atomic E-state index is 0.330. The van der Waals surface area contributed by atoms with Crippen LogP contribution in [0.1, 0.15) is 13.3 Å². The molecule has 6 nitrogen and oxygen atoms in total. The van der Waals surface area contributed by atoms with Crippen molar-refractivity contribution >= 4 is 15.1 Å². The van der Waals surface area contributed by atoms with Crippen molar-refractivity contribution in [2.24, 2.45) is 0 Å². The maximum absolute atomic E-state index is 10.9. The summed E-state index contributed by atoms with van der Waals surface area (Å²) in [7, 11) is 0.942. The number of carboxylic acid groups (broad SMARTS) is 1. The van der Waals surface area contributed by atoms with Crippen molar-refractivity contribution in [1.82, 2.24) is 4.57 Å². The van der Waals surface area contributed by atoms with E-state index in [9.17, 15) is 4.79 Å². The number of nitrogens with zero attached hydrogens (tertiary/aromatic N) is 1. The molecule has 0 aliphatic heterocycles. The average Bonchev–Trinajstić information content (AvgIpc) is 2.19. The lowest BCUT2D eigenvalue weighted by Crippen LogP contribution is -2.61. The Balaban J connectivity index is 4.79. The molecule has 0 aliphatic rings. The quantitative estimate of drug-likeness (QED) is 0.673. The average molecular weight is 223 g/mol. The van der Waals surface area contributed by atoms with Crippen LogP contribution >= 0.6 is 0 Å². The Kier molecular flexibility index (Phi) is 5.70. The van der Waals surface area contributed by atoms with Crippen molar-refractivity contribution in [3.8, 4) is 0 Å². The summed E-state index contributed by atoms with van der Waals surface area (Å²) in [5, 5.41) is 8.95. The van der Waals surface area contributed by atoms with E-state index in [0.717, 1.165) is 4.57 Å². The largest absolute Gasteiger partial charge is 0.637 e. The van der Waals surface area contributed by atoms with Gasteiger partial charge in [-0.25, -0.2) is 4.79 Å². The Morgan fingerprint density at radius 1 is 1.29 bits per heavy atom. The SMILES string of the molecule is CCCN(C(=O)O)[Si](OC)(OC)OC. The third kappa shape index (κ3) is 2.68. The van der Waals surface area contributed by atoms with Crippen LogP contribution in [0.15, 0.2) is 0 Å². The lowest BCUT2D eigenvalue weighted by molar-refractivity contribution is 0.0566. The van der Waals surface area contributed by atoms with Crippen LogP contribution in [0.25, 0.3) is 0 Å². The van der Waals surface area contributed by atoms with Gasteiger partial charge < -0.3 is 18.4 Å². The normalized spacial score (nSPS) is 11.4. The van der Waals surface area contributed by atoms with Gasteiger partial charge in [-0.3, -0.25) is 4.57 Å². The van der Waals surface area contributed by atoms with E-state index in [1.165, 1.54) is 21.3 Å². The molecule has 0 atom stereocenters. The van der Waals surface area contributed by atoms with Crippen LogP contribution in [0.5, 0.6) is 0 Å². The van der Waals surface area contributed by atoms with Crippen molar-refractivity contribution in [3.63, 3.8) is 0 Å². The van der Waals surface area contributed by atoms with E-state index in [1.807, 2.05) is 6.92 Å². The summed E-state index contributed by atoms with van der Waals surface area (Å²) in [6, 6.07) is 0. The van der Waals surface area contributed by atoms with Crippen LogP contribution in [-0.2, 0) is 13.3 Å². The van der Waals surface area contributed by atoms with Crippen LogP contribution in [0.2, 0.25) is 0 Å². The summed E-state index contributed by atoms with van der Waals surface area (Å²) in [4.78, 5) is 10.9. The van der Waals surface area contributed by atoms with E-state index in [0.29, 0.717) is 13.0 Å². The second-order valence-electron chi connectivity index (χ2n) is 2.57. The highest BCUT2D eigenvalue weighted by Gasteiger charge is 2.49. The molecule has 0 spiro atoms. The van der Waals surface area contributed by atoms with E-state index in [1.54, 1.807) is 0 Å². The van der Waals surface area contributed by atoms with Crippen molar-refractivity contribution in [1.29, 1.82) is 0 Å². The zero-order chi connectivity index (χ0) is 11.2. The maximum atomic E-state index is 10.9. The predicted octanol–water partition coefficient (Wildman–Crippen LogP) is 0.751. The number of hydrogen-bond acceptors (Lipinski definition) is 4. The van der Waals surface area contributed by atoms with Crippen molar-refractivity contribution in [2.75, 3.05) is 27.9 Å². The van der Waals surface area contributed by atoms with Crippen LogP contribution in [0.3, 0.4) is 0 Å². The van der Waals surface area contributed by atoms with Gasteiger partial charge in [-0.1, -0.05) is 6.92 Å². The smallest absolute Gasteiger partial charge is 0.465 e. The highest BCUT2D eigenvalue weighted by atomic mass is 28.4. The highest BCUT2D eigenvalue weighted by molar-refractivity contribution is 6.60. The van der Waals surface area contributed by atoms with Crippen molar-refractivity contribution < 1.29 is 23.2 Å². The third-order valence-electron chi connectivity index (χ3n) is 1.78. The summed E-state index contributed by atoms with van der Waals surface area (Å²) in [5.41, 5.74) is 0. The molecule has 14 heavy (non-hydrogen) atoms. The molecule has 0 aromatic rings. The van der Waals surface area contributed by atoms with Gasteiger partial charge in [0.1, 0.15) is 0 Å². The van der Waals surface area contributed by atoms with Gasteiger partial charge in [-0.2, -0.15) is 0 Å². The number of hydrogen-bond donors (Lipinski definition) is 1. The number of amides is 1. The zero-order valence-electron chi connectivity index (χ0n) is 8.94. The Bertz CT molecular complexity index is 177. The fourth-order valence-electron chi connectivity index (χ4n) is 1.15. The van der Waals surface area contributed by atoms with Gasteiger partial charge >= 0.3 is 15.1 Å². The zero-order valence-corrected chi connectivity index (χ0v) is 9.94. The first-order valence-corrected chi connectivity index (χ1v) is 5.91. The molecule has 0 aromatic carbocycles. The van der Waals surface area contributed by atoms with E-state index in [4.69, 9.17) is 18.4 Å². The highest BCUT2D eigenvalue weighted by Crippen LogP contribution is 2.13. The molecule has 1 amide bonds. The van der Waals surface area contributed by atoms with Gasteiger partial charge in [0.15, 0.2) is 0 Å². The Labute approximate surface area is 84.8 Å². The van der Waals surface area contributed by atoms with E-state index in [2.05, 4.69) is 0 Å². The Morgan fingerprint density at radius 2 is 1.71 bits per heavy atom. The molecule has 0 fully saturated rings. The lowest BCUT2D eigenvalue weighted by Gasteiger charge is -2.32. The number of rotatable bonds is 6. The molecular formula is C7H17NO5Si. The molecule has 0 saturated carbocycles. The molecular weight excluding hydrogens is 206 g/mol. The van der Waals surface area contributed by atoms with Gasteiger partial charge in [0, 0.05) is 27.9 Å². The molecule has 0 saturated heterocycles. The molecule has 0 rings (SSSR count). The van der Waals surface area contributed by atoms with Gasteiger partial charge in [-0.15, -0.1) is 0 Å². The third-order valence-corrected chi connectivity index (χ3v) is 4.41. The second-order valence-corrected chi connectivity index (χ2v) is 5.38. The van der Waals surface area contributed by atoms with Crippen LogP contribution < -0.4 is 0 Å². The Hall–Kier alpha value is -0.633. The van der Waals surface area contributed by atoms with Crippen molar-refractivity contribution in [2.45, 2.75) is 13.3 Å². The first-order valence-electron chi connectivity index (χ1n) is 4.24. The molecule has 0 aromatic heterocycles. The van der Waals surface area contributed by atoms with E-state index >= 15 is 0 Å². The molecule has 0 aliphatic carbocycles. The summed E-state index contributed by atoms with van der Waals surface area (Å²) in [6.45, 7) is 2.20. The molecule has 7 heteroatoms. The van der Waals surface area contributed by atoms with Crippen LogP contribution in [0.4, 0.5) is 4.79 Å². The molecule has 0 heterocycles. The maximum Gasteiger partial charge on any atom is 0.637 e. The van der Waals surface area contributed by atoms with Crippen molar-refractivity contribution in [3.05, 3.63) is 0 Å². The molecule has 0 bridgehead atoms. The van der Waals surface area contributed by atoms with Gasteiger partial charge in [0.05, 0.1) is 0 Å². The van der Waals surface area contributed by atoms with Crippen LogP contribution in [0, 0.1) is 0 Å². The topological polar surface area (TPSA) is 68.2 Å². The summed E-state index contributed by atoms with van der Waals surface area (Å²) < 4.78 is 16.2. The fraction of sp³-hybridized carbons (Fsp3) is 0.857. The molecule has 0 radical (unpaired) electrons. The molecule has 1 N–H and O–H groups in total. The van der Waals surface area contributed by atoms with Crippen LogP contribution in [-0.4, -0.2) is 52.6 Å². The lowest BCUT2D eigenvalue weighted by atomic mass is 10.5. The minimum atomic E-state index is -3.20. The standard InChI is InChI=1S/C7H17NO5Si/c1-5-6-8(7(9)10)14(11-2,12-3)13-4/h5-6H2,1-4H3,(H,9,10). The predicted molar refractivity (Wildman–Crippen MR) is 51.8 cm³/mol. The van der Waals surface area contributed by atoms with Gasteiger partial charge in [-0.05, 0) is 6.42 Å². The molecule has 84 valence electrons. The van der Waals surface area contributed by atoms with Gasteiger partial charge in [0.25, 0.3) is 0 Å². The van der Waals surface area contributed by atoms with E-state index in [-0.39, 0.29) is 0 Å². The number of carbonyl (C=O) groups is 1. The first kappa shape index (κ1) is 13.4. The van der Waals surface area contributed by atoms with Gasteiger partial charge in [0.2, 0.25) is 0 Å². The first-order chi connectivity index (χ1) is 6.57. The summed E-state index contributed by atoms with van der Waals surface area (Å²) in [5.74, 6) is 0. The Morgan fingerprint density at radius 3 is 1.93 bits per heavy atom. The minimum Gasteiger partial charge on any atom is -0.465 e. The summed E-state index contributed by atoms with van der Waals surface area (Å²) >= 11 is 0. The van der Waals surface area contributed by atoms with E-state index < -0.39 is 15.1 Å². The molecule has 0 unspecified atom stereocenters.